The van der Waals surface area contributed by atoms with Crippen LogP contribution in [0.1, 0.15) is 52.5 Å². The Balaban J connectivity index is 0.00000221. The molecule has 0 aromatic heterocycles. The third kappa shape index (κ3) is 14.2. The highest BCUT2D eigenvalue weighted by atomic mass is 35.5. The van der Waals surface area contributed by atoms with Gasteiger partial charge in [0.15, 0.2) is 0 Å². The summed E-state index contributed by atoms with van der Waals surface area (Å²) in [6.07, 6.45) is 0.0810. The predicted molar refractivity (Wildman–Crippen MR) is 229 cm³/mol. The third-order valence-electron chi connectivity index (χ3n) is 8.51. The van der Waals surface area contributed by atoms with E-state index >= 15 is 0 Å². The minimum atomic E-state index is -1.28. The average Bonchev–Trinajstić information content (AvgIpc) is 3.21. The van der Waals surface area contributed by atoms with E-state index in [9.17, 15) is 24.0 Å². The van der Waals surface area contributed by atoms with Crippen molar-refractivity contribution in [1.82, 2.24) is 25.6 Å². The predicted octanol–water partition coefficient (Wildman–Crippen LogP) is 1.62. The molecule has 3 atom stereocenters. The van der Waals surface area contributed by atoms with E-state index in [-0.39, 0.29) is 37.9 Å². The molecular weight excluding hydrogens is 786 g/mol. The standard InChI is InChI=1S/C37H46ClN7O7S.C2H7N.CH5N/c1-21-5-8-26(22(2)15-21)35(48)41-19-32(46)45(4)33-25-7-10-31(52-14-12-40)28(18-25)27-16-24(6-9-30(27)51-13-11-39)17-29(36(49)44-53-20-38)43-34(47)23(3)42-37(33)50;1-2-3;1-2/h5-10,15-16,18,23,29,33H,11-14,17,19-20,39-40H2,1-4H3,(H,41,48)(H,42,50)(H,43,47)(H,44,49);2-3H2,1H3;2H2,1H3/t23-,29?,33?;;/m0../s1. The van der Waals surface area contributed by atoms with Gasteiger partial charge in [0.1, 0.15) is 42.8 Å². The lowest BCUT2D eigenvalue weighted by Crippen LogP contribution is -2.54. The first kappa shape index (κ1) is 49.2. The lowest BCUT2D eigenvalue weighted by atomic mass is 9.93. The van der Waals surface area contributed by atoms with Crippen molar-refractivity contribution in [3.05, 3.63) is 82.4 Å². The quantitative estimate of drug-likeness (QED) is 0.0903. The minimum absolute atomic E-state index is 0.0810. The van der Waals surface area contributed by atoms with Gasteiger partial charge in [-0.3, -0.25) is 28.7 Å². The van der Waals surface area contributed by atoms with Gasteiger partial charge in [0.25, 0.3) is 11.8 Å². The summed E-state index contributed by atoms with van der Waals surface area (Å²) in [6, 6.07) is 12.3. The van der Waals surface area contributed by atoms with E-state index < -0.39 is 54.2 Å². The maximum atomic E-state index is 14.2. The number of hydrogen-bond donors (Lipinski definition) is 8. The maximum Gasteiger partial charge on any atom is 0.252 e. The molecule has 58 heavy (non-hydrogen) atoms. The first-order chi connectivity index (χ1) is 27.8. The molecule has 1 aliphatic heterocycles. The summed E-state index contributed by atoms with van der Waals surface area (Å²) in [5.41, 5.74) is 25.2. The van der Waals surface area contributed by atoms with Gasteiger partial charge in [0.05, 0.1) is 11.8 Å². The number of alkyl halides is 1. The summed E-state index contributed by atoms with van der Waals surface area (Å²) >= 11 is 6.75. The van der Waals surface area contributed by atoms with Crippen LogP contribution >= 0.6 is 23.5 Å². The summed E-state index contributed by atoms with van der Waals surface area (Å²) < 4.78 is 14.7. The van der Waals surface area contributed by atoms with Crippen molar-refractivity contribution in [2.75, 3.05) is 58.7 Å². The second-order valence-corrected chi connectivity index (χ2v) is 14.3. The number of ether oxygens (including phenoxy) is 2. The van der Waals surface area contributed by atoms with E-state index in [0.717, 1.165) is 29.6 Å². The Morgan fingerprint density at radius 1 is 0.897 bits per heavy atom. The van der Waals surface area contributed by atoms with Crippen LogP contribution in [0.15, 0.2) is 54.6 Å². The van der Waals surface area contributed by atoms with Crippen molar-refractivity contribution < 1.29 is 33.4 Å². The Labute approximate surface area is 349 Å². The number of likely N-dealkylation sites (N-methyl/N-ethyl adjacent to an activating group) is 1. The fourth-order valence-electron chi connectivity index (χ4n) is 5.84. The van der Waals surface area contributed by atoms with Gasteiger partial charge in [0, 0.05) is 43.2 Å². The fraction of sp³-hybridized carbons (Fsp3) is 0.425. The Hall–Kier alpha value is -4.91. The van der Waals surface area contributed by atoms with Gasteiger partial charge in [-0.2, -0.15) is 0 Å². The first-order valence-corrected chi connectivity index (χ1v) is 20.2. The molecule has 16 nitrogen and oxygen atoms in total. The highest BCUT2D eigenvalue weighted by Crippen LogP contribution is 2.40. The molecule has 4 rings (SSSR count). The number of benzene rings is 3. The van der Waals surface area contributed by atoms with Gasteiger partial charge in [0.2, 0.25) is 17.7 Å². The van der Waals surface area contributed by atoms with Crippen LogP contribution < -0.4 is 53.1 Å². The van der Waals surface area contributed by atoms with Crippen LogP contribution in [0.2, 0.25) is 0 Å². The zero-order valence-electron chi connectivity index (χ0n) is 34.0. The van der Waals surface area contributed by atoms with Gasteiger partial charge in [-0.05, 0) is 93.3 Å². The number of carbonyl (C=O) groups excluding carboxylic acids is 5. The van der Waals surface area contributed by atoms with Crippen molar-refractivity contribution in [3.63, 3.8) is 0 Å². The van der Waals surface area contributed by atoms with E-state index in [1.807, 2.05) is 26.0 Å². The highest BCUT2D eigenvalue weighted by Gasteiger charge is 2.33. The largest absolute Gasteiger partial charge is 0.492 e. The minimum Gasteiger partial charge on any atom is -0.492 e. The van der Waals surface area contributed by atoms with E-state index in [4.69, 9.17) is 38.3 Å². The van der Waals surface area contributed by atoms with Crippen molar-refractivity contribution >= 4 is 53.1 Å². The molecule has 0 radical (unpaired) electrons. The SMILES string of the molecule is CCN.CN.Cc1ccc(C(=O)NCC(=O)N(C)C2C(=O)N[C@@H](C)C(=O)NC(C(=O)NSCCl)Cc3ccc(OCCN)c(c3)-c3cc2ccc3OCCN)c(C)c1. The fourth-order valence-corrected chi connectivity index (χ4v) is 6.34. The molecule has 318 valence electrons. The smallest absolute Gasteiger partial charge is 0.252 e. The lowest BCUT2D eigenvalue weighted by molar-refractivity contribution is -0.139. The number of nitrogens with zero attached hydrogens (tertiary/aromatic N) is 1. The second kappa shape index (κ2) is 25.5. The van der Waals surface area contributed by atoms with Crippen molar-refractivity contribution in [2.45, 2.75) is 52.2 Å². The number of rotatable bonds is 13. The summed E-state index contributed by atoms with van der Waals surface area (Å²) in [6.45, 7) is 8.26. The zero-order valence-corrected chi connectivity index (χ0v) is 35.6. The van der Waals surface area contributed by atoms with Crippen LogP contribution in [0, 0.1) is 13.8 Å². The van der Waals surface area contributed by atoms with Crippen molar-refractivity contribution in [3.8, 4) is 22.6 Å². The first-order valence-electron chi connectivity index (χ1n) is 18.7. The topological polar surface area (TPSA) is 259 Å². The molecule has 0 fully saturated rings. The molecule has 3 aromatic carbocycles. The number of nitrogens with one attached hydrogen (secondary N) is 4. The van der Waals surface area contributed by atoms with Crippen LogP contribution in [-0.4, -0.2) is 105 Å². The summed E-state index contributed by atoms with van der Waals surface area (Å²) in [5.74, 6) is -1.97. The molecule has 0 saturated carbocycles. The highest BCUT2D eigenvalue weighted by molar-refractivity contribution is 7.99. The van der Waals surface area contributed by atoms with Crippen molar-refractivity contribution in [1.29, 1.82) is 0 Å². The molecule has 12 N–H and O–H groups in total. The molecule has 2 unspecified atom stereocenters. The molecule has 0 saturated heterocycles. The molecule has 0 spiro atoms. The van der Waals surface area contributed by atoms with Gasteiger partial charge in [-0.1, -0.05) is 36.8 Å². The molecule has 0 aliphatic carbocycles. The summed E-state index contributed by atoms with van der Waals surface area (Å²) in [4.78, 5) is 68.9. The second-order valence-electron chi connectivity index (χ2n) is 12.9. The van der Waals surface area contributed by atoms with Crippen LogP contribution in [0.25, 0.3) is 11.1 Å². The van der Waals surface area contributed by atoms with Crippen LogP contribution in [0.5, 0.6) is 11.5 Å². The third-order valence-corrected chi connectivity index (χ3v) is 9.29. The van der Waals surface area contributed by atoms with E-state index in [1.165, 1.54) is 25.9 Å². The molecule has 4 bridgehead atoms. The van der Waals surface area contributed by atoms with E-state index in [0.29, 0.717) is 39.3 Å². The Bertz CT molecular complexity index is 1850. The molecule has 18 heteroatoms. The number of carbonyl (C=O) groups is 5. The van der Waals surface area contributed by atoms with Crippen LogP contribution in [-0.2, 0) is 25.6 Å². The lowest BCUT2D eigenvalue weighted by Gasteiger charge is -2.30. The monoisotopic (exact) mass is 843 g/mol. The molecule has 1 aliphatic rings. The zero-order chi connectivity index (χ0) is 43.4. The average molecular weight is 844 g/mol. The Morgan fingerprint density at radius 2 is 1.50 bits per heavy atom. The van der Waals surface area contributed by atoms with Crippen molar-refractivity contribution in [2.24, 2.45) is 22.9 Å². The van der Waals surface area contributed by atoms with Gasteiger partial charge in [-0.25, -0.2) is 0 Å². The molecular formula is C40H58ClN9O7S. The number of aryl methyl sites for hydroxylation is 2. The molecule has 5 amide bonds. The Kier molecular flexibility index (Phi) is 21.6. The summed E-state index contributed by atoms with van der Waals surface area (Å²) in [5, 5.41) is 8.19. The molecule has 3 aromatic rings. The van der Waals surface area contributed by atoms with Crippen LogP contribution in [0.4, 0.5) is 0 Å². The van der Waals surface area contributed by atoms with Gasteiger partial charge >= 0.3 is 0 Å². The molecule has 1 heterocycles. The van der Waals surface area contributed by atoms with Gasteiger partial charge in [-0.15, -0.1) is 11.6 Å². The van der Waals surface area contributed by atoms with E-state index in [1.54, 1.807) is 49.4 Å². The number of hydrogen-bond acceptors (Lipinski definition) is 12. The Morgan fingerprint density at radius 3 is 2.09 bits per heavy atom. The van der Waals surface area contributed by atoms with Crippen LogP contribution in [0.3, 0.4) is 0 Å². The maximum absolute atomic E-state index is 14.2. The number of amides is 5. The number of nitrogens with two attached hydrogens (primary N) is 4. The summed E-state index contributed by atoms with van der Waals surface area (Å²) in [7, 11) is 2.94. The number of fused-ring (bicyclic) bond motifs is 5. The van der Waals surface area contributed by atoms with E-state index in [2.05, 4.69) is 26.4 Å². The number of halogens is 1. The van der Waals surface area contributed by atoms with Gasteiger partial charge < -0.3 is 53.3 Å². The normalized spacial score (nSPS) is 16.0.